The molecule has 0 saturated heterocycles. The molecule has 1 unspecified atom stereocenters. The molecular formula is C15H23FN2. The summed E-state index contributed by atoms with van der Waals surface area (Å²) in [7, 11) is 2.20. The van der Waals surface area contributed by atoms with Gasteiger partial charge in [0, 0.05) is 25.2 Å². The molecule has 1 atom stereocenters. The molecule has 0 heterocycles. The summed E-state index contributed by atoms with van der Waals surface area (Å²) in [5.41, 5.74) is 1.87. The van der Waals surface area contributed by atoms with E-state index in [-0.39, 0.29) is 5.82 Å². The summed E-state index contributed by atoms with van der Waals surface area (Å²) in [4.78, 5) is 2.45. The Bertz CT molecular complexity index is 401. The SMILES string of the molecule is Cc1cc(CNCC(C)N(C)C2CC2)ccc1F. The van der Waals surface area contributed by atoms with Crippen molar-refractivity contribution in [2.75, 3.05) is 13.6 Å². The van der Waals surface area contributed by atoms with E-state index >= 15 is 0 Å². The molecule has 2 rings (SSSR count). The summed E-state index contributed by atoms with van der Waals surface area (Å²) in [5, 5.41) is 3.45. The normalized spacial score (nSPS) is 17.2. The van der Waals surface area contributed by atoms with Crippen molar-refractivity contribution >= 4 is 0 Å². The first-order chi connectivity index (χ1) is 8.58. The highest BCUT2D eigenvalue weighted by Crippen LogP contribution is 2.26. The van der Waals surface area contributed by atoms with Gasteiger partial charge in [0.2, 0.25) is 0 Å². The molecule has 1 saturated carbocycles. The molecule has 0 aromatic heterocycles. The van der Waals surface area contributed by atoms with Crippen LogP contribution in [0.1, 0.15) is 30.9 Å². The first-order valence-electron chi connectivity index (χ1n) is 6.75. The molecule has 0 aliphatic heterocycles. The van der Waals surface area contributed by atoms with E-state index in [2.05, 4.69) is 24.2 Å². The van der Waals surface area contributed by atoms with E-state index in [0.29, 0.717) is 6.04 Å². The molecule has 0 radical (unpaired) electrons. The predicted octanol–water partition coefficient (Wildman–Crippen LogP) is 2.71. The molecule has 100 valence electrons. The van der Waals surface area contributed by atoms with Crippen LogP contribution in [0.15, 0.2) is 18.2 Å². The summed E-state index contributed by atoms with van der Waals surface area (Å²) in [6.45, 7) is 5.84. The maximum absolute atomic E-state index is 13.1. The van der Waals surface area contributed by atoms with Crippen molar-refractivity contribution in [1.82, 2.24) is 10.2 Å². The summed E-state index contributed by atoms with van der Waals surface area (Å²) in [5.74, 6) is -0.124. The Morgan fingerprint density at radius 2 is 2.17 bits per heavy atom. The van der Waals surface area contributed by atoms with Gasteiger partial charge in [0.25, 0.3) is 0 Å². The van der Waals surface area contributed by atoms with Gasteiger partial charge in [-0.1, -0.05) is 12.1 Å². The number of nitrogens with zero attached hydrogens (tertiary/aromatic N) is 1. The van der Waals surface area contributed by atoms with Gasteiger partial charge in [-0.2, -0.15) is 0 Å². The number of benzene rings is 1. The van der Waals surface area contributed by atoms with Gasteiger partial charge in [0.05, 0.1) is 0 Å². The van der Waals surface area contributed by atoms with Gasteiger partial charge in [-0.3, -0.25) is 4.90 Å². The quantitative estimate of drug-likeness (QED) is 0.835. The van der Waals surface area contributed by atoms with Crippen LogP contribution in [0, 0.1) is 12.7 Å². The van der Waals surface area contributed by atoms with Crippen LogP contribution in [0.5, 0.6) is 0 Å². The Morgan fingerprint density at radius 1 is 1.44 bits per heavy atom. The summed E-state index contributed by atoms with van der Waals surface area (Å²) in [6, 6.07) is 6.67. The monoisotopic (exact) mass is 250 g/mol. The van der Waals surface area contributed by atoms with E-state index < -0.39 is 0 Å². The number of nitrogens with one attached hydrogen (secondary N) is 1. The molecule has 1 aliphatic rings. The van der Waals surface area contributed by atoms with E-state index in [1.807, 2.05) is 19.1 Å². The Labute approximate surface area is 109 Å². The lowest BCUT2D eigenvalue weighted by atomic mass is 10.1. The second-order valence-electron chi connectivity index (χ2n) is 5.46. The van der Waals surface area contributed by atoms with E-state index in [0.717, 1.165) is 30.3 Å². The van der Waals surface area contributed by atoms with Crippen LogP contribution in [-0.4, -0.2) is 30.6 Å². The standard InChI is InChI=1S/C15H23FN2/c1-11-8-13(4-7-15(11)16)10-17-9-12(2)18(3)14-5-6-14/h4,7-8,12,14,17H,5-6,9-10H2,1-3H3. The van der Waals surface area contributed by atoms with Crippen LogP contribution in [-0.2, 0) is 6.54 Å². The van der Waals surface area contributed by atoms with E-state index in [9.17, 15) is 4.39 Å². The maximum atomic E-state index is 13.1. The molecule has 1 fully saturated rings. The van der Waals surface area contributed by atoms with Gasteiger partial charge in [-0.25, -0.2) is 4.39 Å². The molecule has 1 N–H and O–H groups in total. The number of halogens is 1. The van der Waals surface area contributed by atoms with Crippen LogP contribution >= 0.6 is 0 Å². The molecule has 0 bridgehead atoms. The largest absolute Gasteiger partial charge is 0.311 e. The number of hydrogen-bond acceptors (Lipinski definition) is 2. The minimum absolute atomic E-state index is 0.124. The summed E-state index contributed by atoms with van der Waals surface area (Å²) < 4.78 is 13.1. The van der Waals surface area contributed by atoms with Crippen molar-refractivity contribution in [2.24, 2.45) is 0 Å². The first kappa shape index (κ1) is 13.5. The topological polar surface area (TPSA) is 15.3 Å². The molecule has 1 aliphatic carbocycles. The minimum atomic E-state index is -0.124. The molecular weight excluding hydrogens is 227 g/mol. The van der Waals surface area contributed by atoms with Crippen molar-refractivity contribution in [3.05, 3.63) is 35.1 Å². The van der Waals surface area contributed by atoms with Crippen LogP contribution in [0.2, 0.25) is 0 Å². The fourth-order valence-electron chi connectivity index (χ4n) is 2.23. The third-order valence-corrected chi connectivity index (χ3v) is 3.81. The average molecular weight is 250 g/mol. The minimum Gasteiger partial charge on any atom is -0.311 e. The fourth-order valence-corrected chi connectivity index (χ4v) is 2.23. The summed E-state index contributed by atoms with van der Waals surface area (Å²) >= 11 is 0. The lowest BCUT2D eigenvalue weighted by molar-refractivity contribution is 0.241. The van der Waals surface area contributed by atoms with Gasteiger partial charge >= 0.3 is 0 Å². The van der Waals surface area contributed by atoms with E-state index in [1.54, 1.807) is 6.07 Å². The van der Waals surface area contributed by atoms with Crippen molar-refractivity contribution < 1.29 is 4.39 Å². The lowest BCUT2D eigenvalue weighted by Crippen LogP contribution is -2.38. The highest BCUT2D eigenvalue weighted by Gasteiger charge is 2.28. The van der Waals surface area contributed by atoms with Gasteiger partial charge in [0.1, 0.15) is 5.82 Å². The molecule has 18 heavy (non-hydrogen) atoms. The van der Waals surface area contributed by atoms with Crippen LogP contribution in [0.4, 0.5) is 4.39 Å². The highest BCUT2D eigenvalue weighted by atomic mass is 19.1. The molecule has 0 amide bonds. The Balaban J connectivity index is 1.75. The van der Waals surface area contributed by atoms with Gasteiger partial charge in [-0.15, -0.1) is 0 Å². The van der Waals surface area contributed by atoms with Gasteiger partial charge in [0.15, 0.2) is 0 Å². The third-order valence-electron chi connectivity index (χ3n) is 3.81. The van der Waals surface area contributed by atoms with Crippen molar-refractivity contribution in [3.8, 4) is 0 Å². The van der Waals surface area contributed by atoms with Crippen LogP contribution < -0.4 is 5.32 Å². The Kier molecular flexibility index (Phi) is 4.36. The van der Waals surface area contributed by atoms with Gasteiger partial charge < -0.3 is 5.32 Å². The molecule has 2 nitrogen and oxygen atoms in total. The maximum Gasteiger partial charge on any atom is 0.126 e. The number of rotatable bonds is 6. The van der Waals surface area contributed by atoms with Crippen LogP contribution in [0.3, 0.4) is 0 Å². The fraction of sp³-hybridized carbons (Fsp3) is 0.600. The van der Waals surface area contributed by atoms with Crippen LogP contribution in [0.25, 0.3) is 0 Å². The highest BCUT2D eigenvalue weighted by molar-refractivity contribution is 5.23. The average Bonchev–Trinajstić information content (AvgIpc) is 3.16. The molecule has 1 aromatic rings. The molecule has 1 aromatic carbocycles. The van der Waals surface area contributed by atoms with Gasteiger partial charge in [-0.05, 0) is 50.9 Å². The van der Waals surface area contributed by atoms with Crippen molar-refractivity contribution in [2.45, 2.75) is 45.3 Å². The number of aryl methyl sites for hydroxylation is 1. The van der Waals surface area contributed by atoms with E-state index in [4.69, 9.17) is 0 Å². The zero-order valence-electron chi connectivity index (χ0n) is 11.5. The second kappa shape index (κ2) is 5.81. The smallest absolute Gasteiger partial charge is 0.126 e. The van der Waals surface area contributed by atoms with E-state index in [1.165, 1.54) is 12.8 Å². The zero-order chi connectivity index (χ0) is 13.1. The molecule has 0 spiro atoms. The second-order valence-corrected chi connectivity index (χ2v) is 5.46. The summed E-state index contributed by atoms with van der Waals surface area (Å²) in [6.07, 6.45) is 2.69. The predicted molar refractivity (Wildman–Crippen MR) is 73.1 cm³/mol. The lowest BCUT2D eigenvalue weighted by Gasteiger charge is -2.24. The number of likely N-dealkylation sites (N-methyl/N-ethyl adjacent to an activating group) is 1. The van der Waals surface area contributed by atoms with Crippen molar-refractivity contribution in [1.29, 1.82) is 0 Å². The first-order valence-corrected chi connectivity index (χ1v) is 6.75. The van der Waals surface area contributed by atoms with Crippen molar-refractivity contribution in [3.63, 3.8) is 0 Å². The third kappa shape index (κ3) is 3.53. The zero-order valence-corrected chi connectivity index (χ0v) is 11.5. The Morgan fingerprint density at radius 3 is 2.78 bits per heavy atom. The Hall–Kier alpha value is -0.930. The number of hydrogen-bond donors (Lipinski definition) is 1. The molecule has 3 heteroatoms.